The molecule has 1 fully saturated rings. The lowest BCUT2D eigenvalue weighted by atomic mass is 9.95. The van der Waals surface area contributed by atoms with Crippen molar-refractivity contribution >= 4 is 29.1 Å². The Labute approximate surface area is 169 Å². The Morgan fingerprint density at radius 1 is 1.07 bits per heavy atom. The molecule has 1 atom stereocenters. The SMILES string of the molecule is CN(C)CCCN1C(=O)C(=O)/C(=C(/O)c2ccccc2)[C@@H]1c1ccc(Cl)cc1. The second kappa shape index (κ2) is 8.59. The monoisotopic (exact) mass is 398 g/mol. The normalized spacial score (nSPS) is 18.9. The maximum absolute atomic E-state index is 12.8. The van der Waals surface area contributed by atoms with Crippen LogP contribution < -0.4 is 0 Å². The first-order chi connectivity index (χ1) is 13.4. The molecule has 1 saturated heterocycles. The van der Waals surface area contributed by atoms with E-state index in [1.54, 1.807) is 53.4 Å². The fourth-order valence-corrected chi connectivity index (χ4v) is 3.54. The standard InChI is InChI=1S/C22H23ClN2O3/c1-24(2)13-6-14-25-19(15-9-11-17(23)12-10-15)18(21(27)22(25)28)20(26)16-7-4-3-5-8-16/h3-5,7-12,19,26H,6,13-14H2,1-2H3/b20-18+/t19-/m0/s1. The summed E-state index contributed by atoms with van der Waals surface area (Å²) in [6.45, 7) is 1.20. The zero-order valence-corrected chi connectivity index (χ0v) is 16.7. The van der Waals surface area contributed by atoms with Gasteiger partial charge in [0.1, 0.15) is 5.76 Å². The van der Waals surface area contributed by atoms with Gasteiger partial charge >= 0.3 is 0 Å². The minimum Gasteiger partial charge on any atom is -0.507 e. The summed E-state index contributed by atoms with van der Waals surface area (Å²) in [5.74, 6) is -1.41. The number of amides is 1. The number of aliphatic hydroxyl groups excluding tert-OH is 1. The molecule has 1 amide bonds. The Bertz CT molecular complexity index is 892. The van der Waals surface area contributed by atoms with Gasteiger partial charge in [-0.3, -0.25) is 9.59 Å². The number of nitrogens with zero attached hydrogens (tertiary/aromatic N) is 2. The maximum atomic E-state index is 12.8. The molecular weight excluding hydrogens is 376 g/mol. The summed E-state index contributed by atoms with van der Waals surface area (Å²) in [7, 11) is 3.92. The van der Waals surface area contributed by atoms with Crippen LogP contribution in [0.2, 0.25) is 5.02 Å². The number of rotatable bonds is 6. The topological polar surface area (TPSA) is 60.9 Å². The maximum Gasteiger partial charge on any atom is 0.295 e. The zero-order chi connectivity index (χ0) is 20.3. The van der Waals surface area contributed by atoms with E-state index in [9.17, 15) is 14.7 Å². The number of carbonyl (C=O) groups excluding carboxylic acids is 2. The van der Waals surface area contributed by atoms with Gasteiger partial charge in [-0.2, -0.15) is 0 Å². The van der Waals surface area contributed by atoms with Crippen LogP contribution in [0.5, 0.6) is 0 Å². The van der Waals surface area contributed by atoms with Crippen LogP contribution in [-0.4, -0.2) is 53.8 Å². The average Bonchev–Trinajstić information content (AvgIpc) is 2.93. The van der Waals surface area contributed by atoms with Gasteiger partial charge in [0.15, 0.2) is 0 Å². The van der Waals surface area contributed by atoms with E-state index in [0.29, 0.717) is 17.1 Å². The molecule has 3 rings (SSSR count). The van der Waals surface area contributed by atoms with Gasteiger partial charge in [0.05, 0.1) is 11.6 Å². The molecular formula is C22H23ClN2O3. The number of hydrogen-bond acceptors (Lipinski definition) is 4. The highest BCUT2D eigenvalue weighted by Gasteiger charge is 2.45. The molecule has 0 saturated carbocycles. The first-order valence-electron chi connectivity index (χ1n) is 9.14. The van der Waals surface area contributed by atoms with Crippen molar-refractivity contribution in [3.63, 3.8) is 0 Å². The quantitative estimate of drug-likeness (QED) is 0.457. The molecule has 146 valence electrons. The second-order valence-corrected chi connectivity index (χ2v) is 7.50. The van der Waals surface area contributed by atoms with E-state index >= 15 is 0 Å². The summed E-state index contributed by atoms with van der Waals surface area (Å²) < 4.78 is 0. The molecule has 6 heteroatoms. The van der Waals surface area contributed by atoms with Crippen molar-refractivity contribution in [2.75, 3.05) is 27.2 Å². The highest BCUT2D eigenvalue weighted by atomic mass is 35.5. The number of halogens is 1. The molecule has 1 N–H and O–H groups in total. The second-order valence-electron chi connectivity index (χ2n) is 7.07. The van der Waals surface area contributed by atoms with Crippen LogP contribution >= 0.6 is 11.6 Å². The number of ketones is 1. The lowest BCUT2D eigenvalue weighted by Crippen LogP contribution is -2.32. The lowest BCUT2D eigenvalue weighted by molar-refractivity contribution is -0.139. The van der Waals surface area contributed by atoms with E-state index in [4.69, 9.17) is 11.6 Å². The van der Waals surface area contributed by atoms with Gasteiger partial charge in [0.2, 0.25) is 0 Å². The van der Waals surface area contributed by atoms with Gasteiger partial charge in [-0.1, -0.05) is 54.1 Å². The molecule has 2 aromatic carbocycles. The predicted molar refractivity (Wildman–Crippen MR) is 110 cm³/mol. The first-order valence-corrected chi connectivity index (χ1v) is 9.52. The largest absolute Gasteiger partial charge is 0.507 e. The summed E-state index contributed by atoms with van der Waals surface area (Å²) >= 11 is 6.01. The van der Waals surface area contributed by atoms with Crippen molar-refractivity contribution in [1.29, 1.82) is 0 Å². The number of likely N-dealkylation sites (tertiary alicyclic amines) is 1. The fraction of sp³-hybridized carbons (Fsp3) is 0.273. The van der Waals surface area contributed by atoms with Crippen LogP contribution in [0.1, 0.15) is 23.6 Å². The third-order valence-corrected chi connectivity index (χ3v) is 5.03. The third kappa shape index (κ3) is 4.11. The van der Waals surface area contributed by atoms with E-state index < -0.39 is 17.7 Å². The summed E-state index contributed by atoms with van der Waals surface area (Å²) in [5, 5.41) is 11.4. The van der Waals surface area contributed by atoms with Crippen molar-refractivity contribution in [3.8, 4) is 0 Å². The summed E-state index contributed by atoms with van der Waals surface area (Å²) in [6.07, 6.45) is 0.718. The highest BCUT2D eigenvalue weighted by Crippen LogP contribution is 2.39. The van der Waals surface area contributed by atoms with Crippen molar-refractivity contribution in [2.45, 2.75) is 12.5 Å². The van der Waals surface area contributed by atoms with Crippen LogP contribution in [0.4, 0.5) is 0 Å². The third-order valence-electron chi connectivity index (χ3n) is 4.78. The van der Waals surface area contributed by atoms with E-state index in [1.165, 1.54) is 0 Å². The Hall–Kier alpha value is -2.63. The van der Waals surface area contributed by atoms with Crippen LogP contribution in [0.3, 0.4) is 0 Å². The number of benzene rings is 2. The molecule has 2 aromatic rings. The van der Waals surface area contributed by atoms with Crippen molar-refractivity contribution < 1.29 is 14.7 Å². The first kappa shape index (κ1) is 20.1. The van der Waals surface area contributed by atoms with Gasteiger partial charge in [-0.25, -0.2) is 0 Å². The van der Waals surface area contributed by atoms with Gasteiger partial charge in [0, 0.05) is 17.1 Å². The number of carbonyl (C=O) groups is 2. The number of Topliss-reactive ketones (excluding diaryl/α,β-unsaturated/α-hetero) is 1. The minimum absolute atomic E-state index is 0.114. The van der Waals surface area contributed by atoms with Crippen LogP contribution in [0.15, 0.2) is 60.2 Å². The number of hydrogen-bond donors (Lipinski definition) is 1. The van der Waals surface area contributed by atoms with Crippen molar-refractivity contribution in [2.24, 2.45) is 0 Å². The summed E-state index contributed by atoms with van der Waals surface area (Å²) in [4.78, 5) is 29.2. The molecule has 0 radical (unpaired) electrons. The Morgan fingerprint density at radius 3 is 2.32 bits per heavy atom. The minimum atomic E-state index is -0.661. The predicted octanol–water partition coefficient (Wildman–Crippen LogP) is 3.71. The average molecular weight is 399 g/mol. The Balaban J connectivity index is 2.07. The van der Waals surface area contributed by atoms with Crippen LogP contribution in [0.25, 0.3) is 5.76 Å². The van der Waals surface area contributed by atoms with Gasteiger partial charge in [-0.05, 0) is 44.8 Å². The molecule has 1 aliphatic heterocycles. The van der Waals surface area contributed by atoms with Gasteiger partial charge in [0.25, 0.3) is 11.7 Å². The summed E-state index contributed by atoms with van der Waals surface area (Å²) in [5.41, 5.74) is 1.36. The van der Waals surface area contributed by atoms with E-state index in [1.807, 2.05) is 25.1 Å². The molecule has 1 aliphatic rings. The molecule has 28 heavy (non-hydrogen) atoms. The van der Waals surface area contributed by atoms with Crippen molar-refractivity contribution in [1.82, 2.24) is 9.80 Å². The molecule has 0 bridgehead atoms. The highest BCUT2D eigenvalue weighted by molar-refractivity contribution is 6.46. The van der Waals surface area contributed by atoms with Crippen molar-refractivity contribution in [3.05, 3.63) is 76.3 Å². The zero-order valence-electron chi connectivity index (χ0n) is 15.9. The smallest absolute Gasteiger partial charge is 0.295 e. The van der Waals surface area contributed by atoms with E-state index in [2.05, 4.69) is 0 Å². The van der Waals surface area contributed by atoms with Crippen LogP contribution in [-0.2, 0) is 9.59 Å². The van der Waals surface area contributed by atoms with E-state index in [0.717, 1.165) is 18.5 Å². The lowest BCUT2D eigenvalue weighted by Gasteiger charge is -2.26. The van der Waals surface area contributed by atoms with E-state index in [-0.39, 0.29) is 11.3 Å². The molecule has 0 unspecified atom stereocenters. The Kier molecular flexibility index (Phi) is 6.17. The molecule has 0 spiro atoms. The Morgan fingerprint density at radius 2 is 1.71 bits per heavy atom. The molecule has 1 heterocycles. The van der Waals surface area contributed by atoms with Crippen LogP contribution in [0, 0.1) is 0 Å². The molecule has 0 aromatic heterocycles. The van der Waals surface area contributed by atoms with Gasteiger partial charge in [-0.15, -0.1) is 0 Å². The fourth-order valence-electron chi connectivity index (χ4n) is 3.41. The van der Waals surface area contributed by atoms with Gasteiger partial charge < -0.3 is 14.9 Å². The molecule has 5 nitrogen and oxygen atoms in total. The molecule has 0 aliphatic carbocycles. The number of aliphatic hydroxyl groups is 1. The summed E-state index contributed by atoms with van der Waals surface area (Å²) in [6, 6.07) is 15.2.